The fraction of sp³-hybridized carbons (Fsp3) is 0.417. The highest BCUT2D eigenvalue weighted by molar-refractivity contribution is 5.68. The monoisotopic (exact) mass is 208 g/mol. The van der Waals surface area contributed by atoms with Crippen LogP contribution >= 0.6 is 0 Å². The average Bonchev–Trinajstić information content (AvgIpc) is 2.18. The minimum atomic E-state index is -0.804. The van der Waals surface area contributed by atoms with E-state index in [2.05, 4.69) is 0 Å². The van der Waals surface area contributed by atoms with Crippen LogP contribution in [-0.4, -0.2) is 16.2 Å². The van der Waals surface area contributed by atoms with Gasteiger partial charge in [-0.05, 0) is 36.5 Å². The Hall–Kier alpha value is -1.51. The number of hydrogen-bond acceptors (Lipinski definition) is 2. The maximum Gasteiger partial charge on any atom is 0.303 e. The third kappa shape index (κ3) is 2.98. The Morgan fingerprint density at radius 2 is 2.13 bits per heavy atom. The maximum absolute atomic E-state index is 10.6. The summed E-state index contributed by atoms with van der Waals surface area (Å²) in [6.45, 7) is 3.77. The summed E-state index contributed by atoms with van der Waals surface area (Å²) >= 11 is 0. The second kappa shape index (κ2) is 4.82. The molecule has 0 aliphatic heterocycles. The molecular weight excluding hydrogens is 192 g/mol. The molecule has 0 fully saturated rings. The van der Waals surface area contributed by atoms with Gasteiger partial charge in [0.25, 0.3) is 0 Å². The van der Waals surface area contributed by atoms with Crippen LogP contribution in [0.5, 0.6) is 5.75 Å². The molecule has 0 amide bonds. The van der Waals surface area contributed by atoms with Crippen LogP contribution in [0.3, 0.4) is 0 Å². The van der Waals surface area contributed by atoms with Gasteiger partial charge in [-0.1, -0.05) is 19.1 Å². The summed E-state index contributed by atoms with van der Waals surface area (Å²) in [4.78, 5) is 10.6. The van der Waals surface area contributed by atoms with Gasteiger partial charge in [-0.2, -0.15) is 0 Å². The van der Waals surface area contributed by atoms with E-state index in [0.29, 0.717) is 0 Å². The lowest BCUT2D eigenvalue weighted by molar-refractivity contribution is -0.137. The van der Waals surface area contributed by atoms with E-state index in [1.807, 2.05) is 26.0 Å². The molecule has 0 heterocycles. The van der Waals surface area contributed by atoms with Gasteiger partial charge in [-0.15, -0.1) is 0 Å². The summed E-state index contributed by atoms with van der Waals surface area (Å²) in [6, 6.07) is 5.35. The molecule has 1 rings (SSSR count). The normalized spacial score (nSPS) is 12.4. The fourth-order valence-corrected chi connectivity index (χ4v) is 1.59. The Kier molecular flexibility index (Phi) is 3.72. The van der Waals surface area contributed by atoms with E-state index < -0.39 is 5.97 Å². The highest BCUT2D eigenvalue weighted by atomic mass is 16.4. The van der Waals surface area contributed by atoms with Crippen molar-refractivity contribution in [3.05, 3.63) is 29.3 Å². The molecule has 3 nitrogen and oxygen atoms in total. The number of aromatic hydroxyl groups is 1. The van der Waals surface area contributed by atoms with Gasteiger partial charge in [0.1, 0.15) is 5.75 Å². The van der Waals surface area contributed by atoms with Crippen LogP contribution in [-0.2, 0) is 4.79 Å². The van der Waals surface area contributed by atoms with E-state index in [0.717, 1.165) is 17.5 Å². The van der Waals surface area contributed by atoms with Crippen molar-refractivity contribution in [3.63, 3.8) is 0 Å². The van der Waals surface area contributed by atoms with Gasteiger partial charge in [-0.3, -0.25) is 4.79 Å². The van der Waals surface area contributed by atoms with Gasteiger partial charge in [0.05, 0.1) is 6.42 Å². The lowest BCUT2D eigenvalue weighted by Gasteiger charge is -2.13. The number of carbonyl (C=O) groups is 1. The van der Waals surface area contributed by atoms with E-state index in [9.17, 15) is 9.90 Å². The Morgan fingerprint density at radius 1 is 1.47 bits per heavy atom. The predicted octanol–water partition coefficient (Wildman–Crippen LogP) is 2.67. The first-order valence-corrected chi connectivity index (χ1v) is 5.06. The van der Waals surface area contributed by atoms with Crippen LogP contribution < -0.4 is 0 Å². The number of phenolic OH excluding ortho intramolecular Hbond substituents is 1. The molecule has 0 aromatic heterocycles. The predicted molar refractivity (Wildman–Crippen MR) is 58.1 cm³/mol. The van der Waals surface area contributed by atoms with Crippen LogP contribution in [0.1, 0.15) is 36.8 Å². The highest BCUT2D eigenvalue weighted by Crippen LogP contribution is 2.27. The number of benzene rings is 1. The minimum Gasteiger partial charge on any atom is -0.508 e. The number of phenols is 1. The molecule has 3 heteroatoms. The molecule has 2 N–H and O–H groups in total. The number of rotatable bonds is 4. The van der Waals surface area contributed by atoms with Crippen LogP contribution in [0.25, 0.3) is 0 Å². The van der Waals surface area contributed by atoms with Crippen molar-refractivity contribution >= 4 is 5.97 Å². The first-order valence-electron chi connectivity index (χ1n) is 5.06. The largest absolute Gasteiger partial charge is 0.508 e. The summed E-state index contributed by atoms with van der Waals surface area (Å²) < 4.78 is 0. The van der Waals surface area contributed by atoms with Gasteiger partial charge in [0.15, 0.2) is 0 Å². The number of carboxylic acids is 1. The fourth-order valence-electron chi connectivity index (χ4n) is 1.59. The van der Waals surface area contributed by atoms with E-state index in [4.69, 9.17) is 5.11 Å². The molecule has 1 atom stereocenters. The topological polar surface area (TPSA) is 57.5 Å². The zero-order chi connectivity index (χ0) is 11.4. The van der Waals surface area contributed by atoms with E-state index >= 15 is 0 Å². The third-order valence-electron chi connectivity index (χ3n) is 2.62. The summed E-state index contributed by atoms with van der Waals surface area (Å²) in [7, 11) is 0. The van der Waals surface area contributed by atoms with E-state index in [-0.39, 0.29) is 18.1 Å². The first kappa shape index (κ1) is 11.6. The lowest BCUT2D eigenvalue weighted by Crippen LogP contribution is -2.05. The third-order valence-corrected chi connectivity index (χ3v) is 2.62. The molecule has 0 radical (unpaired) electrons. The van der Waals surface area contributed by atoms with E-state index in [1.165, 1.54) is 0 Å². The van der Waals surface area contributed by atoms with Crippen LogP contribution in [0, 0.1) is 6.92 Å². The Labute approximate surface area is 89.4 Å². The molecule has 0 spiro atoms. The zero-order valence-corrected chi connectivity index (χ0v) is 9.03. The molecule has 0 saturated carbocycles. The van der Waals surface area contributed by atoms with Gasteiger partial charge in [0.2, 0.25) is 0 Å². The summed E-state index contributed by atoms with van der Waals surface area (Å²) in [5.74, 6) is -0.591. The van der Waals surface area contributed by atoms with Crippen LogP contribution in [0.4, 0.5) is 0 Å². The molecule has 1 aromatic carbocycles. The van der Waals surface area contributed by atoms with Crippen molar-refractivity contribution < 1.29 is 15.0 Å². The smallest absolute Gasteiger partial charge is 0.303 e. The number of hydrogen-bond donors (Lipinski definition) is 2. The summed E-state index contributed by atoms with van der Waals surface area (Å²) in [5, 5.41) is 18.3. The Bertz CT molecular complexity index is 358. The number of aliphatic carboxylic acids is 1. The molecule has 82 valence electrons. The molecule has 0 unspecified atom stereocenters. The Morgan fingerprint density at radius 3 is 2.60 bits per heavy atom. The van der Waals surface area contributed by atoms with Crippen molar-refractivity contribution in [2.24, 2.45) is 0 Å². The quantitative estimate of drug-likeness (QED) is 0.799. The van der Waals surface area contributed by atoms with Crippen molar-refractivity contribution in [1.82, 2.24) is 0 Å². The molecule has 15 heavy (non-hydrogen) atoms. The average molecular weight is 208 g/mol. The van der Waals surface area contributed by atoms with E-state index in [1.54, 1.807) is 6.07 Å². The minimum absolute atomic E-state index is 0.0194. The van der Waals surface area contributed by atoms with Gasteiger partial charge < -0.3 is 10.2 Å². The van der Waals surface area contributed by atoms with Crippen molar-refractivity contribution in [2.75, 3.05) is 0 Å². The lowest BCUT2D eigenvalue weighted by atomic mass is 9.92. The standard InChI is InChI=1S/C12H16O3/c1-3-9(7-12(14)15)10-5-4-8(2)11(13)6-10/h4-6,9,13H,3,7H2,1-2H3,(H,14,15)/t9-/m1/s1. The number of carboxylic acid groups (broad SMARTS) is 1. The SMILES string of the molecule is CC[C@H](CC(=O)O)c1ccc(C)c(O)c1. The summed E-state index contributed by atoms with van der Waals surface area (Å²) in [5.41, 5.74) is 1.70. The molecule has 0 aliphatic carbocycles. The van der Waals surface area contributed by atoms with Gasteiger partial charge in [0, 0.05) is 0 Å². The molecule has 0 saturated heterocycles. The molecule has 0 bridgehead atoms. The second-order valence-electron chi connectivity index (χ2n) is 3.75. The maximum atomic E-state index is 10.6. The second-order valence-corrected chi connectivity index (χ2v) is 3.75. The molecule has 0 aliphatic rings. The molecular formula is C12H16O3. The van der Waals surface area contributed by atoms with Crippen LogP contribution in [0.2, 0.25) is 0 Å². The molecule has 1 aromatic rings. The summed E-state index contributed by atoms with van der Waals surface area (Å²) in [6.07, 6.45) is 0.869. The van der Waals surface area contributed by atoms with Gasteiger partial charge >= 0.3 is 5.97 Å². The van der Waals surface area contributed by atoms with Crippen molar-refractivity contribution in [2.45, 2.75) is 32.6 Å². The van der Waals surface area contributed by atoms with Crippen molar-refractivity contribution in [1.29, 1.82) is 0 Å². The Balaban J connectivity index is 2.92. The highest BCUT2D eigenvalue weighted by Gasteiger charge is 2.14. The number of aryl methyl sites for hydroxylation is 1. The van der Waals surface area contributed by atoms with Gasteiger partial charge in [-0.25, -0.2) is 0 Å². The first-order chi connectivity index (χ1) is 7.04. The van der Waals surface area contributed by atoms with Crippen LogP contribution in [0.15, 0.2) is 18.2 Å². The van der Waals surface area contributed by atoms with Crippen molar-refractivity contribution in [3.8, 4) is 5.75 Å². The zero-order valence-electron chi connectivity index (χ0n) is 9.03.